The zero-order valence-corrected chi connectivity index (χ0v) is 13.4. The van der Waals surface area contributed by atoms with Gasteiger partial charge in [0.25, 0.3) is 5.91 Å². The standard InChI is InChI=1S/C14H11BrINO/c1-9-3-2-4-12(13(9)15)14(18)17-11-7-5-10(16)6-8-11/h2-8H,1H3,(H,17,18). The van der Waals surface area contributed by atoms with Gasteiger partial charge in [-0.05, 0) is 81.3 Å². The molecule has 4 heteroatoms. The largest absolute Gasteiger partial charge is 0.322 e. The number of benzene rings is 2. The number of aryl methyl sites for hydroxylation is 1. The van der Waals surface area contributed by atoms with E-state index in [4.69, 9.17) is 0 Å². The van der Waals surface area contributed by atoms with Crippen LogP contribution in [-0.4, -0.2) is 5.91 Å². The average molecular weight is 416 g/mol. The molecule has 2 rings (SSSR count). The number of amides is 1. The maximum absolute atomic E-state index is 12.1. The van der Waals surface area contributed by atoms with Gasteiger partial charge in [0.05, 0.1) is 5.56 Å². The Labute approximate surface area is 128 Å². The number of halogens is 2. The maximum atomic E-state index is 12.1. The van der Waals surface area contributed by atoms with Crippen molar-refractivity contribution in [1.29, 1.82) is 0 Å². The van der Waals surface area contributed by atoms with E-state index >= 15 is 0 Å². The van der Waals surface area contributed by atoms with Crippen molar-refractivity contribution in [3.05, 3.63) is 61.6 Å². The van der Waals surface area contributed by atoms with Crippen LogP contribution in [-0.2, 0) is 0 Å². The van der Waals surface area contributed by atoms with E-state index in [9.17, 15) is 4.79 Å². The first-order chi connectivity index (χ1) is 8.58. The van der Waals surface area contributed by atoms with Gasteiger partial charge in [-0.2, -0.15) is 0 Å². The highest BCUT2D eigenvalue weighted by Gasteiger charge is 2.11. The molecular formula is C14H11BrINO. The fourth-order valence-corrected chi connectivity index (χ4v) is 2.36. The number of carbonyl (C=O) groups is 1. The molecule has 0 unspecified atom stereocenters. The molecule has 0 aliphatic carbocycles. The highest BCUT2D eigenvalue weighted by Crippen LogP contribution is 2.22. The Kier molecular flexibility index (Phi) is 4.40. The molecule has 0 radical (unpaired) electrons. The summed E-state index contributed by atoms with van der Waals surface area (Å²) in [4.78, 5) is 12.1. The first-order valence-electron chi connectivity index (χ1n) is 5.40. The molecule has 0 saturated carbocycles. The highest BCUT2D eigenvalue weighted by molar-refractivity contribution is 14.1. The second-order valence-electron chi connectivity index (χ2n) is 3.90. The van der Waals surface area contributed by atoms with Gasteiger partial charge in [-0.15, -0.1) is 0 Å². The number of hydrogen-bond donors (Lipinski definition) is 1. The van der Waals surface area contributed by atoms with E-state index in [1.807, 2.05) is 43.3 Å². The third-order valence-electron chi connectivity index (χ3n) is 2.54. The molecule has 2 aromatic carbocycles. The molecule has 0 heterocycles. The second kappa shape index (κ2) is 5.84. The Balaban J connectivity index is 2.22. The quantitative estimate of drug-likeness (QED) is 0.712. The normalized spacial score (nSPS) is 10.2. The van der Waals surface area contributed by atoms with Gasteiger partial charge in [0.2, 0.25) is 0 Å². The van der Waals surface area contributed by atoms with Gasteiger partial charge in [-0.25, -0.2) is 0 Å². The molecule has 2 aromatic rings. The molecule has 18 heavy (non-hydrogen) atoms. The van der Waals surface area contributed by atoms with E-state index < -0.39 is 0 Å². The molecular weight excluding hydrogens is 405 g/mol. The van der Waals surface area contributed by atoms with Crippen LogP contribution in [0.3, 0.4) is 0 Å². The molecule has 0 aliphatic rings. The molecule has 0 fully saturated rings. The number of hydrogen-bond acceptors (Lipinski definition) is 1. The van der Waals surface area contributed by atoms with Crippen molar-refractivity contribution in [3.8, 4) is 0 Å². The molecule has 2 nitrogen and oxygen atoms in total. The maximum Gasteiger partial charge on any atom is 0.256 e. The van der Waals surface area contributed by atoms with Gasteiger partial charge in [0.15, 0.2) is 0 Å². The van der Waals surface area contributed by atoms with Crippen LogP contribution in [0.25, 0.3) is 0 Å². The summed E-state index contributed by atoms with van der Waals surface area (Å²) in [5, 5.41) is 2.88. The average Bonchev–Trinajstić information content (AvgIpc) is 2.35. The predicted octanol–water partition coefficient (Wildman–Crippen LogP) is 4.61. The van der Waals surface area contributed by atoms with Crippen LogP contribution >= 0.6 is 38.5 Å². The van der Waals surface area contributed by atoms with Crippen molar-refractivity contribution in [2.75, 3.05) is 5.32 Å². The van der Waals surface area contributed by atoms with Crippen LogP contribution in [0.15, 0.2) is 46.9 Å². The van der Waals surface area contributed by atoms with E-state index in [1.165, 1.54) is 0 Å². The fourth-order valence-electron chi connectivity index (χ4n) is 1.55. The van der Waals surface area contributed by atoms with Crippen LogP contribution in [0.4, 0.5) is 5.69 Å². The van der Waals surface area contributed by atoms with Crippen LogP contribution in [0.2, 0.25) is 0 Å². The molecule has 0 aliphatic heterocycles. The minimum Gasteiger partial charge on any atom is -0.322 e. The monoisotopic (exact) mass is 415 g/mol. The lowest BCUT2D eigenvalue weighted by Crippen LogP contribution is -2.12. The summed E-state index contributed by atoms with van der Waals surface area (Å²) in [5.74, 6) is -0.105. The van der Waals surface area contributed by atoms with Crippen molar-refractivity contribution in [3.63, 3.8) is 0 Å². The molecule has 1 amide bonds. The lowest BCUT2D eigenvalue weighted by atomic mass is 10.1. The number of anilines is 1. The second-order valence-corrected chi connectivity index (χ2v) is 5.94. The SMILES string of the molecule is Cc1cccc(C(=O)Nc2ccc(I)cc2)c1Br. The summed E-state index contributed by atoms with van der Waals surface area (Å²) in [5.41, 5.74) is 2.49. The fraction of sp³-hybridized carbons (Fsp3) is 0.0714. The molecule has 0 aromatic heterocycles. The van der Waals surface area contributed by atoms with Gasteiger partial charge in [0.1, 0.15) is 0 Å². The van der Waals surface area contributed by atoms with Crippen molar-refractivity contribution in [1.82, 2.24) is 0 Å². The van der Waals surface area contributed by atoms with Crippen molar-refractivity contribution in [2.45, 2.75) is 6.92 Å². The van der Waals surface area contributed by atoms with Crippen molar-refractivity contribution >= 4 is 50.1 Å². The minimum atomic E-state index is -0.105. The van der Waals surface area contributed by atoms with E-state index in [-0.39, 0.29) is 5.91 Å². The molecule has 92 valence electrons. The number of nitrogens with one attached hydrogen (secondary N) is 1. The third kappa shape index (κ3) is 3.11. The molecule has 1 N–H and O–H groups in total. The Morgan fingerprint density at radius 1 is 1.17 bits per heavy atom. The molecule has 0 saturated heterocycles. The lowest BCUT2D eigenvalue weighted by Gasteiger charge is -2.08. The predicted molar refractivity (Wildman–Crippen MR) is 86.0 cm³/mol. The third-order valence-corrected chi connectivity index (χ3v) is 4.31. The Hall–Kier alpha value is -0.880. The first kappa shape index (κ1) is 13.5. The summed E-state index contributed by atoms with van der Waals surface area (Å²) in [6.07, 6.45) is 0. The Morgan fingerprint density at radius 3 is 2.50 bits per heavy atom. The molecule has 0 atom stereocenters. The van der Waals surface area contributed by atoms with E-state index in [2.05, 4.69) is 43.8 Å². The zero-order chi connectivity index (χ0) is 13.1. The summed E-state index contributed by atoms with van der Waals surface area (Å²) >= 11 is 5.67. The van der Waals surface area contributed by atoms with Gasteiger partial charge in [0, 0.05) is 13.7 Å². The molecule has 0 spiro atoms. The van der Waals surface area contributed by atoms with E-state index in [1.54, 1.807) is 6.07 Å². The topological polar surface area (TPSA) is 29.1 Å². The van der Waals surface area contributed by atoms with Gasteiger partial charge >= 0.3 is 0 Å². The van der Waals surface area contributed by atoms with E-state index in [0.717, 1.165) is 19.3 Å². The van der Waals surface area contributed by atoms with Gasteiger partial charge in [-0.1, -0.05) is 12.1 Å². The van der Waals surface area contributed by atoms with Crippen LogP contribution in [0, 0.1) is 10.5 Å². The summed E-state index contributed by atoms with van der Waals surface area (Å²) in [6, 6.07) is 13.4. The van der Waals surface area contributed by atoms with Gasteiger partial charge in [-0.3, -0.25) is 4.79 Å². The van der Waals surface area contributed by atoms with Crippen LogP contribution in [0.5, 0.6) is 0 Å². The zero-order valence-electron chi connectivity index (χ0n) is 9.71. The first-order valence-corrected chi connectivity index (χ1v) is 7.27. The van der Waals surface area contributed by atoms with Gasteiger partial charge < -0.3 is 5.32 Å². The minimum absolute atomic E-state index is 0.105. The smallest absolute Gasteiger partial charge is 0.256 e. The summed E-state index contributed by atoms with van der Waals surface area (Å²) < 4.78 is 1.98. The molecule has 0 bridgehead atoms. The Morgan fingerprint density at radius 2 is 1.83 bits per heavy atom. The highest BCUT2D eigenvalue weighted by atomic mass is 127. The van der Waals surface area contributed by atoms with Crippen LogP contribution in [0.1, 0.15) is 15.9 Å². The summed E-state index contributed by atoms with van der Waals surface area (Å²) in [6.45, 7) is 1.96. The van der Waals surface area contributed by atoms with Crippen molar-refractivity contribution < 1.29 is 4.79 Å². The number of carbonyl (C=O) groups excluding carboxylic acids is 1. The lowest BCUT2D eigenvalue weighted by molar-refractivity contribution is 0.102. The number of rotatable bonds is 2. The van der Waals surface area contributed by atoms with E-state index in [0.29, 0.717) is 5.56 Å². The summed E-state index contributed by atoms with van der Waals surface area (Å²) in [7, 11) is 0. The van der Waals surface area contributed by atoms with Crippen LogP contribution < -0.4 is 5.32 Å². The van der Waals surface area contributed by atoms with Crippen molar-refractivity contribution in [2.24, 2.45) is 0 Å². The Bertz CT molecular complexity index is 581.